The zero-order valence-corrected chi connectivity index (χ0v) is 17.0. The molecule has 0 radical (unpaired) electrons. The first-order valence-electron chi connectivity index (χ1n) is 10.4. The third-order valence-electron chi connectivity index (χ3n) is 5.28. The Kier molecular flexibility index (Phi) is 6.36. The molecule has 3 aromatic rings. The van der Waals surface area contributed by atoms with Gasteiger partial charge >= 0.3 is 0 Å². The summed E-state index contributed by atoms with van der Waals surface area (Å²) in [7, 11) is 0. The number of aromatic nitrogens is 3. The van der Waals surface area contributed by atoms with Crippen LogP contribution in [0.15, 0.2) is 59.7 Å². The SMILES string of the molecule is CCNC(=NCc1nnc2ccccn12)NC1CCN(Cc2ccccc2)CC1. The van der Waals surface area contributed by atoms with Gasteiger partial charge in [-0.1, -0.05) is 36.4 Å². The maximum atomic E-state index is 4.74. The molecule has 0 saturated carbocycles. The van der Waals surface area contributed by atoms with Crippen molar-refractivity contribution in [3.8, 4) is 0 Å². The molecule has 0 aliphatic carbocycles. The first-order chi connectivity index (χ1) is 14.3. The average Bonchev–Trinajstić information content (AvgIpc) is 3.17. The summed E-state index contributed by atoms with van der Waals surface area (Å²) in [6, 6.07) is 17.0. The lowest BCUT2D eigenvalue weighted by Gasteiger charge is -2.33. The van der Waals surface area contributed by atoms with Gasteiger partial charge in [-0.2, -0.15) is 0 Å². The maximum absolute atomic E-state index is 4.74. The Morgan fingerprint density at radius 2 is 1.86 bits per heavy atom. The van der Waals surface area contributed by atoms with E-state index in [2.05, 4.69) is 63.0 Å². The zero-order valence-electron chi connectivity index (χ0n) is 17.0. The van der Waals surface area contributed by atoms with Crippen LogP contribution in [0.1, 0.15) is 31.2 Å². The van der Waals surface area contributed by atoms with E-state index >= 15 is 0 Å². The second-order valence-corrected chi connectivity index (χ2v) is 7.42. The van der Waals surface area contributed by atoms with Crippen LogP contribution in [0, 0.1) is 0 Å². The van der Waals surface area contributed by atoms with E-state index in [0.29, 0.717) is 12.6 Å². The van der Waals surface area contributed by atoms with E-state index in [-0.39, 0.29) is 0 Å². The number of hydrogen-bond donors (Lipinski definition) is 2. The smallest absolute Gasteiger partial charge is 0.191 e. The van der Waals surface area contributed by atoms with Crippen molar-refractivity contribution in [1.29, 1.82) is 0 Å². The van der Waals surface area contributed by atoms with E-state index in [9.17, 15) is 0 Å². The van der Waals surface area contributed by atoms with Gasteiger partial charge in [0.15, 0.2) is 17.4 Å². The molecule has 1 aromatic carbocycles. The van der Waals surface area contributed by atoms with Crippen LogP contribution in [0.4, 0.5) is 0 Å². The minimum absolute atomic E-state index is 0.440. The third-order valence-corrected chi connectivity index (χ3v) is 5.28. The lowest BCUT2D eigenvalue weighted by molar-refractivity contribution is 0.198. The number of aliphatic imine (C=N–C) groups is 1. The molecule has 1 saturated heterocycles. The summed E-state index contributed by atoms with van der Waals surface area (Å²) in [5, 5.41) is 15.4. The molecule has 3 heterocycles. The maximum Gasteiger partial charge on any atom is 0.191 e. The number of pyridine rings is 1. The minimum atomic E-state index is 0.440. The van der Waals surface area contributed by atoms with E-state index < -0.39 is 0 Å². The van der Waals surface area contributed by atoms with Crippen molar-refractivity contribution in [1.82, 2.24) is 30.1 Å². The summed E-state index contributed by atoms with van der Waals surface area (Å²) in [6.07, 6.45) is 4.21. The molecular formula is C22H29N7. The standard InChI is InChI=1S/C22H29N7/c1-2-23-22(24-16-21-27-26-20-10-6-7-13-29(20)21)25-19-11-14-28(15-12-19)17-18-8-4-3-5-9-18/h3-10,13,19H,2,11-12,14-17H2,1H3,(H2,23,24,25). The number of fused-ring (bicyclic) bond motifs is 1. The van der Waals surface area contributed by atoms with Gasteiger partial charge in [-0.3, -0.25) is 9.30 Å². The van der Waals surface area contributed by atoms with Crippen LogP contribution in [-0.4, -0.2) is 51.1 Å². The Balaban J connectivity index is 1.32. The molecule has 0 atom stereocenters. The van der Waals surface area contributed by atoms with E-state index in [4.69, 9.17) is 4.99 Å². The molecule has 4 rings (SSSR count). The van der Waals surface area contributed by atoms with Gasteiger partial charge in [-0.05, 0) is 37.5 Å². The van der Waals surface area contributed by atoms with Crippen molar-refractivity contribution in [2.45, 2.75) is 38.9 Å². The summed E-state index contributed by atoms with van der Waals surface area (Å²) in [5.74, 6) is 1.69. The Hall–Kier alpha value is -2.93. The molecule has 29 heavy (non-hydrogen) atoms. The van der Waals surface area contributed by atoms with Crippen LogP contribution in [0.3, 0.4) is 0 Å². The van der Waals surface area contributed by atoms with Crippen LogP contribution in [-0.2, 0) is 13.1 Å². The first kappa shape index (κ1) is 19.4. The summed E-state index contributed by atoms with van der Waals surface area (Å²) in [6.45, 7) is 6.64. The van der Waals surface area contributed by atoms with Crippen LogP contribution in [0.2, 0.25) is 0 Å². The van der Waals surface area contributed by atoms with E-state index in [1.165, 1.54) is 5.56 Å². The monoisotopic (exact) mass is 391 g/mol. The fraction of sp³-hybridized carbons (Fsp3) is 0.409. The van der Waals surface area contributed by atoms with Gasteiger partial charge in [0.25, 0.3) is 0 Å². The average molecular weight is 392 g/mol. The molecule has 0 spiro atoms. The van der Waals surface area contributed by atoms with Crippen molar-refractivity contribution >= 4 is 11.6 Å². The predicted octanol–water partition coefficient (Wildman–Crippen LogP) is 2.45. The molecule has 0 bridgehead atoms. The second-order valence-electron chi connectivity index (χ2n) is 7.42. The normalized spacial score (nSPS) is 16.2. The number of benzene rings is 1. The van der Waals surface area contributed by atoms with E-state index in [1.807, 2.05) is 28.8 Å². The Bertz CT molecular complexity index is 926. The quantitative estimate of drug-likeness (QED) is 0.499. The van der Waals surface area contributed by atoms with Crippen molar-refractivity contribution in [3.63, 3.8) is 0 Å². The number of nitrogens with one attached hydrogen (secondary N) is 2. The fourth-order valence-corrected chi connectivity index (χ4v) is 3.74. The summed E-state index contributed by atoms with van der Waals surface area (Å²) in [5.41, 5.74) is 2.23. The number of guanidine groups is 1. The molecule has 1 aliphatic heterocycles. The minimum Gasteiger partial charge on any atom is -0.357 e. The molecule has 1 fully saturated rings. The summed E-state index contributed by atoms with van der Waals surface area (Å²) >= 11 is 0. The van der Waals surface area contributed by atoms with Gasteiger partial charge in [0.05, 0.1) is 0 Å². The molecule has 2 aromatic heterocycles. The van der Waals surface area contributed by atoms with Crippen LogP contribution in [0.25, 0.3) is 5.65 Å². The number of likely N-dealkylation sites (tertiary alicyclic amines) is 1. The highest BCUT2D eigenvalue weighted by atomic mass is 15.3. The number of nitrogens with zero attached hydrogens (tertiary/aromatic N) is 5. The molecule has 7 nitrogen and oxygen atoms in total. The van der Waals surface area contributed by atoms with Gasteiger partial charge in [-0.25, -0.2) is 4.99 Å². The molecule has 0 amide bonds. The lowest BCUT2D eigenvalue weighted by Crippen LogP contribution is -2.48. The number of rotatable bonds is 6. The van der Waals surface area contributed by atoms with Gasteiger partial charge in [0, 0.05) is 38.4 Å². The largest absolute Gasteiger partial charge is 0.357 e. The number of piperidine rings is 1. The van der Waals surface area contributed by atoms with Crippen molar-refractivity contribution in [2.24, 2.45) is 4.99 Å². The highest BCUT2D eigenvalue weighted by Crippen LogP contribution is 2.14. The molecular weight excluding hydrogens is 362 g/mol. The predicted molar refractivity (Wildman–Crippen MR) is 116 cm³/mol. The topological polar surface area (TPSA) is 69.8 Å². The van der Waals surface area contributed by atoms with E-state index in [1.54, 1.807) is 0 Å². The van der Waals surface area contributed by atoms with Gasteiger partial charge in [-0.15, -0.1) is 10.2 Å². The highest BCUT2D eigenvalue weighted by Gasteiger charge is 2.20. The summed E-state index contributed by atoms with van der Waals surface area (Å²) in [4.78, 5) is 7.27. The lowest BCUT2D eigenvalue weighted by atomic mass is 10.0. The second kappa shape index (κ2) is 9.52. The molecule has 2 N–H and O–H groups in total. The van der Waals surface area contributed by atoms with Gasteiger partial charge < -0.3 is 10.6 Å². The Morgan fingerprint density at radius 3 is 2.66 bits per heavy atom. The first-order valence-corrected chi connectivity index (χ1v) is 10.4. The molecule has 7 heteroatoms. The molecule has 152 valence electrons. The van der Waals surface area contributed by atoms with Crippen molar-refractivity contribution in [3.05, 3.63) is 66.1 Å². The number of hydrogen-bond acceptors (Lipinski definition) is 4. The zero-order chi connectivity index (χ0) is 19.9. The van der Waals surface area contributed by atoms with Crippen LogP contribution >= 0.6 is 0 Å². The van der Waals surface area contributed by atoms with E-state index in [0.717, 1.165) is 56.5 Å². The molecule has 0 unspecified atom stereocenters. The Labute approximate surface area is 171 Å². The van der Waals surface area contributed by atoms with Crippen molar-refractivity contribution in [2.75, 3.05) is 19.6 Å². The fourth-order valence-electron chi connectivity index (χ4n) is 3.74. The molecule has 1 aliphatic rings. The third kappa shape index (κ3) is 5.12. The van der Waals surface area contributed by atoms with Gasteiger partial charge in [0.2, 0.25) is 0 Å². The van der Waals surface area contributed by atoms with Crippen molar-refractivity contribution < 1.29 is 0 Å². The summed E-state index contributed by atoms with van der Waals surface area (Å²) < 4.78 is 1.98. The highest BCUT2D eigenvalue weighted by molar-refractivity contribution is 5.80. The Morgan fingerprint density at radius 1 is 1.07 bits per heavy atom. The van der Waals surface area contributed by atoms with Gasteiger partial charge in [0.1, 0.15) is 6.54 Å². The van der Waals surface area contributed by atoms with Crippen LogP contribution < -0.4 is 10.6 Å². The van der Waals surface area contributed by atoms with Crippen LogP contribution in [0.5, 0.6) is 0 Å².